The Morgan fingerprint density at radius 1 is 1.00 bits per heavy atom. The maximum Gasteiger partial charge on any atom is 0.258 e. The van der Waals surface area contributed by atoms with E-state index >= 15 is 0 Å². The monoisotopic (exact) mass is 412 g/mol. The van der Waals surface area contributed by atoms with E-state index in [9.17, 15) is 4.79 Å². The van der Waals surface area contributed by atoms with E-state index in [0.717, 1.165) is 24.3 Å². The zero-order chi connectivity index (χ0) is 21.2. The number of aromatic nitrogens is 4. The van der Waals surface area contributed by atoms with E-state index in [0.29, 0.717) is 28.2 Å². The number of hydrogen-bond acceptors (Lipinski definition) is 5. The Bertz CT molecular complexity index is 1210. The van der Waals surface area contributed by atoms with Crippen molar-refractivity contribution < 1.29 is 4.79 Å². The molecular formula is C24H24N6O. The smallest absolute Gasteiger partial charge is 0.258 e. The summed E-state index contributed by atoms with van der Waals surface area (Å²) in [4.78, 5) is 31.8. The molecule has 1 aliphatic rings. The molecule has 7 heteroatoms. The molecule has 5 rings (SSSR count). The largest absolute Gasteiger partial charge is 0.372 e. The number of rotatable bonds is 4. The van der Waals surface area contributed by atoms with Gasteiger partial charge >= 0.3 is 0 Å². The first-order chi connectivity index (χ1) is 15.2. The summed E-state index contributed by atoms with van der Waals surface area (Å²) < 4.78 is 0. The maximum atomic E-state index is 12.9. The fourth-order valence-electron chi connectivity index (χ4n) is 3.95. The van der Waals surface area contributed by atoms with Gasteiger partial charge in [-0.1, -0.05) is 0 Å². The van der Waals surface area contributed by atoms with Crippen molar-refractivity contribution in [1.29, 1.82) is 0 Å². The second kappa shape index (κ2) is 8.18. The van der Waals surface area contributed by atoms with Gasteiger partial charge in [0.15, 0.2) is 5.65 Å². The summed E-state index contributed by atoms with van der Waals surface area (Å²) in [7, 11) is 0. The summed E-state index contributed by atoms with van der Waals surface area (Å²) in [5.74, 6) is 0.460. The highest BCUT2D eigenvalue weighted by atomic mass is 16.1. The first-order valence-corrected chi connectivity index (χ1v) is 10.6. The van der Waals surface area contributed by atoms with Gasteiger partial charge in [0, 0.05) is 36.2 Å². The van der Waals surface area contributed by atoms with Gasteiger partial charge in [-0.25, -0.2) is 9.97 Å². The SMILES string of the molecule is Cc1ccc(NC(=O)c2ccnc3[nH]c(-c4ccc(N5CCCCC5)cc4)nc23)cn1. The van der Waals surface area contributed by atoms with Crippen LogP contribution in [0.15, 0.2) is 54.9 Å². The van der Waals surface area contributed by atoms with Crippen LogP contribution in [0.4, 0.5) is 11.4 Å². The lowest BCUT2D eigenvalue weighted by atomic mass is 10.1. The predicted octanol–water partition coefficient (Wildman–Crippen LogP) is 4.57. The Labute approximate surface area is 180 Å². The lowest BCUT2D eigenvalue weighted by molar-refractivity contribution is 0.102. The van der Waals surface area contributed by atoms with Crippen LogP contribution in [-0.2, 0) is 0 Å². The van der Waals surface area contributed by atoms with Gasteiger partial charge in [-0.15, -0.1) is 0 Å². The normalized spacial score (nSPS) is 14.0. The van der Waals surface area contributed by atoms with Crippen LogP contribution in [0.5, 0.6) is 0 Å². The number of carbonyl (C=O) groups is 1. The van der Waals surface area contributed by atoms with E-state index in [2.05, 4.69) is 49.4 Å². The second-order valence-electron chi connectivity index (χ2n) is 7.88. The number of nitrogens with zero attached hydrogens (tertiary/aromatic N) is 4. The molecule has 3 aromatic heterocycles. The number of pyridine rings is 2. The molecule has 0 atom stereocenters. The minimum Gasteiger partial charge on any atom is -0.372 e. The first kappa shape index (κ1) is 19.2. The lowest BCUT2D eigenvalue weighted by Gasteiger charge is -2.28. The number of piperidine rings is 1. The highest BCUT2D eigenvalue weighted by Crippen LogP contribution is 2.26. The van der Waals surface area contributed by atoms with Gasteiger partial charge in [0.1, 0.15) is 11.3 Å². The number of aromatic amines is 1. The van der Waals surface area contributed by atoms with E-state index in [1.807, 2.05) is 19.1 Å². The number of amides is 1. The quantitative estimate of drug-likeness (QED) is 0.513. The molecule has 156 valence electrons. The third-order valence-electron chi connectivity index (χ3n) is 5.66. The molecule has 4 aromatic rings. The van der Waals surface area contributed by atoms with Crippen LogP contribution in [0.25, 0.3) is 22.6 Å². The number of imidazole rings is 1. The first-order valence-electron chi connectivity index (χ1n) is 10.6. The van der Waals surface area contributed by atoms with Crippen LogP contribution in [0.2, 0.25) is 0 Å². The van der Waals surface area contributed by atoms with E-state index in [1.165, 1.54) is 24.9 Å². The molecule has 1 aromatic carbocycles. The molecule has 4 heterocycles. The fraction of sp³-hybridized carbons (Fsp3) is 0.250. The number of aryl methyl sites for hydroxylation is 1. The average molecular weight is 412 g/mol. The average Bonchev–Trinajstić information content (AvgIpc) is 3.26. The standard InChI is InChI=1S/C24H24N6O/c1-16-5-8-18(15-26-16)27-24(31)20-11-12-25-23-21(20)28-22(29-23)17-6-9-19(10-7-17)30-13-3-2-4-14-30/h5-12,15H,2-4,13-14H2,1H3,(H,27,31)(H,25,28,29). The molecule has 0 unspecified atom stereocenters. The number of fused-ring (bicyclic) bond motifs is 1. The van der Waals surface area contributed by atoms with E-state index in [4.69, 9.17) is 4.98 Å². The number of H-pyrrole nitrogens is 1. The number of nitrogens with one attached hydrogen (secondary N) is 2. The molecule has 1 aliphatic heterocycles. The molecule has 0 spiro atoms. The van der Waals surface area contributed by atoms with Crippen LogP contribution in [0, 0.1) is 6.92 Å². The summed E-state index contributed by atoms with van der Waals surface area (Å²) in [5, 5.41) is 2.88. The zero-order valence-corrected chi connectivity index (χ0v) is 17.4. The van der Waals surface area contributed by atoms with Gasteiger partial charge in [0.25, 0.3) is 5.91 Å². The van der Waals surface area contributed by atoms with Crippen molar-refractivity contribution in [2.24, 2.45) is 0 Å². The van der Waals surface area contributed by atoms with Crippen molar-refractivity contribution in [2.45, 2.75) is 26.2 Å². The van der Waals surface area contributed by atoms with Gasteiger partial charge in [-0.3, -0.25) is 9.78 Å². The fourth-order valence-corrected chi connectivity index (χ4v) is 3.95. The molecule has 2 N–H and O–H groups in total. The van der Waals surface area contributed by atoms with Crippen molar-refractivity contribution in [1.82, 2.24) is 19.9 Å². The molecule has 0 radical (unpaired) electrons. The van der Waals surface area contributed by atoms with Gasteiger partial charge in [0.2, 0.25) is 0 Å². The van der Waals surface area contributed by atoms with Crippen molar-refractivity contribution in [3.63, 3.8) is 0 Å². The summed E-state index contributed by atoms with van der Waals surface area (Å²) in [6.45, 7) is 4.13. The van der Waals surface area contributed by atoms with Crippen LogP contribution < -0.4 is 10.2 Å². The summed E-state index contributed by atoms with van der Waals surface area (Å²) >= 11 is 0. The van der Waals surface area contributed by atoms with Gasteiger partial charge < -0.3 is 15.2 Å². The van der Waals surface area contributed by atoms with Crippen LogP contribution in [-0.4, -0.2) is 38.9 Å². The molecule has 0 bridgehead atoms. The Kier molecular flexibility index (Phi) is 5.08. The summed E-state index contributed by atoms with van der Waals surface area (Å²) in [6.07, 6.45) is 7.08. The number of anilines is 2. The lowest BCUT2D eigenvalue weighted by Crippen LogP contribution is -2.29. The van der Waals surface area contributed by atoms with Crippen molar-refractivity contribution in [2.75, 3.05) is 23.3 Å². The van der Waals surface area contributed by atoms with E-state index in [-0.39, 0.29) is 5.91 Å². The van der Waals surface area contributed by atoms with Crippen LogP contribution in [0.3, 0.4) is 0 Å². The van der Waals surface area contributed by atoms with Gasteiger partial charge in [-0.05, 0) is 68.7 Å². The topological polar surface area (TPSA) is 86.8 Å². The van der Waals surface area contributed by atoms with Crippen molar-refractivity contribution >= 4 is 28.4 Å². The molecule has 31 heavy (non-hydrogen) atoms. The molecule has 7 nitrogen and oxygen atoms in total. The molecule has 1 saturated heterocycles. The third kappa shape index (κ3) is 3.99. The summed E-state index contributed by atoms with van der Waals surface area (Å²) in [6, 6.07) is 13.8. The van der Waals surface area contributed by atoms with Crippen molar-refractivity contribution in [3.8, 4) is 11.4 Å². The Hall–Kier alpha value is -3.74. The molecular weight excluding hydrogens is 388 g/mol. The Morgan fingerprint density at radius 2 is 1.81 bits per heavy atom. The van der Waals surface area contributed by atoms with E-state index < -0.39 is 0 Å². The molecule has 1 fully saturated rings. The molecule has 0 aliphatic carbocycles. The van der Waals surface area contributed by atoms with Gasteiger partial charge in [-0.2, -0.15) is 0 Å². The minimum absolute atomic E-state index is 0.239. The van der Waals surface area contributed by atoms with Crippen LogP contribution in [0.1, 0.15) is 35.3 Å². The second-order valence-corrected chi connectivity index (χ2v) is 7.88. The minimum atomic E-state index is -0.239. The highest BCUT2D eigenvalue weighted by Gasteiger charge is 2.16. The molecule has 0 saturated carbocycles. The maximum absolute atomic E-state index is 12.9. The van der Waals surface area contributed by atoms with Crippen LogP contribution >= 0.6 is 0 Å². The zero-order valence-electron chi connectivity index (χ0n) is 17.4. The number of hydrogen-bond donors (Lipinski definition) is 2. The Morgan fingerprint density at radius 3 is 2.55 bits per heavy atom. The Balaban J connectivity index is 1.41. The molecule has 1 amide bonds. The summed E-state index contributed by atoms with van der Waals surface area (Å²) in [5.41, 5.74) is 5.35. The predicted molar refractivity (Wildman–Crippen MR) is 122 cm³/mol. The third-order valence-corrected chi connectivity index (χ3v) is 5.66. The van der Waals surface area contributed by atoms with Gasteiger partial charge in [0.05, 0.1) is 17.4 Å². The van der Waals surface area contributed by atoms with Crippen molar-refractivity contribution in [3.05, 3.63) is 66.1 Å². The number of carbonyl (C=O) groups excluding carboxylic acids is 1. The number of benzene rings is 1. The van der Waals surface area contributed by atoms with E-state index in [1.54, 1.807) is 18.5 Å². The highest BCUT2D eigenvalue weighted by molar-refractivity contribution is 6.11.